The molecular weight excluding hydrogens is 369 g/mol. The van der Waals surface area contributed by atoms with Crippen LogP contribution in [0.1, 0.15) is 11.1 Å². The van der Waals surface area contributed by atoms with Gasteiger partial charge in [0, 0.05) is 0 Å². The van der Waals surface area contributed by atoms with E-state index in [9.17, 15) is 0 Å². The predicted molar refractivity (Wildman–Crippen MR) is 111 cm³/mol. The van der Waals surface area contributed by atoms with Crippen LogP contribution in [0.15, 0.2) is 78.9 Å². The van der Waals surface area contributed by atoms with Crippen molar-refractivity contribution in [2.24, 2.45) is 0 Å². The first-order chi connectivity index (χ1) is 14.1. The van der Waals surface area contributed by atoms with Crippen molar-refractivity contribution < 1.29 is 27.7 Å². The van der Waals surface area contributed by atoms with E-state index in [0.29, 0.717) is 17.2 Å². The van der Waals surface area contributed by atoms with Crippen molar-refractivity contribution in [3.8, 4) is 17.2 Å². The molecule has 0 spiro atoms. The summed E-state index contributed by atoms with van der Waals surface area (Å²) in [4.78, 5) is 0. The average molecular weight is 388 g/mol. The predicted octanol–water partition coefficient (Wildman–Crippen LogP) is 3.86. The van der Waals surface area contributed by atoms with Gasteiger partial charge in [0.2, 0.25) is 0 Å². The van der Waals surface area contributed by atoms with Crippen LogP contribution >= 0.6 is 0 Å². The van der Waals surface area contributed by atoms with Gasteiger partial charge < -0.3 is 27.7 Å². The minimum absolute atomic E-state index is 0.586. The van der Waals surface area contributed by atoms with Crippen molar-refractivity contribution in [2.45, 2.75) is 13.8 Å². The van der Waals surface area contributed by atoms with Crippen LogP contribution in [-0.2, 0) is 13.7 Å². The molecule has 3 aromatic carbocycles. The van der Waals surface area contributed by atoms with E-state index in [-0.39, 0.29) is 0 Å². The Morgan fingerprint density at radius 1 is 0.483 bits per heavy atom. The van der Waals surface area contributed by atoms with Gasteiger partial charge in [0.25, 0.3) is 0 Å². The minimum Gasteiger partial charge on any atom is -0.513 e. The highest BCUT2D eigenvalue weighted by Crippen LogP contribution is 2.21. The SMILES string of the molecule is Cc1ccc(OB2OB(Oc3ccccc3)OB(Oc3ccc(C)cc3)O2)cc1. The lowest BCUT2D eigenvalue weighted by molar-refractivity contribution is 0.146. The molecule has 0 aromatic heterocycles. The molecule has 6 nitrogen and oxygen atoms in total. The third-order valence-electron chi connectivity index (χ3n) is 4.15. The van der Waals surface area contributed by atoms with Crippen LogP contribution in [-0.4, -0.2) is 22.0 Å². The lowest BCUT2D eigenvalue weighted by Gasteiger charge is -2.28. The molecule has 0 unspecified atom stereocenters. The second kappa shape index (κ2) is 9.09. The smallest absolute Gasteiger partial charge is 0.513 e. The summed E-state index contributed by atoms with van der Waals surface area (Å²) < 4.78 is 34.2. The van der Waals surface area contributed by atoms with E-state index in [4.69, 9.17) is 27.7 Å². The van der Waals surface area contributed by atoms with Gasteiger partial charge in [0.1, 0.15) is 17.2 Å². The van der Waals surface area contributed by atoms with Crippen LogP contribution in [0.2, 0.25) is 0 Å². The Morgan fingerprint density at radius 3 is 1.21 bits per heavy atom. The minimum atomic E-state index is -1.07. The first kappa shape index (κ1) is 19.5. The van der Waals surface area contributed by atoms with Crippen LogP contribution in [0, 0.1) is 13.8 Å². The quantitative estimate of drug-likeness (QED) is 0.599. The highest BCUT2D eigenvalue weighted by molar-refractivity contribution is 6.67. The van der Waals surface area contributed by atoms with Crippen LogP contribution in [0.25, 0.3) is 0 Å². The van der Waals surface area contributed by atoms with Gasteiger partial charge in [-0.3, -0.25) is 0 Å². The van der Waals surface area contributed by atoms with Gasteiger partial charge in [-0.1, -0.05) is 53.6 Å². The fraction of sp³-hybridized carbons (Fsp3) is 0.100. The number of rotatable bonds is 6. The Morgan fingerprint density at radius 2 is 0.828 bits per heavy atom. The molecule has 0 radical (unpaired) electrons. The first-order valence-electron chi connectivity index (χ1n) is 9.29. The van der Waals surface area contributed by atoms with E-state index in [0.717, 1.165) is 11.1 Å². The maximum atomic E-state index is 5.78. The van der Waals surface area contributed by atoms with Crippen molar-refractivity contribution in [2.75, 3.05) is 0 Å². The number of para-hydroxylation sites is 1. The maximum Gasteiger partial charge on any atom is 0.690 e. The summed E-state index contributed by atoms with van der Waals surface area (Å²) in [7, 11) is -3.22. The molecule has 4 rings (SSSR count). The fourth-order valence-electron chi connectivity index (χ4n) is 2.60. The molecule has 0 aliphatic carbocycles. The molecule has 9 heteroatoms. The van der Waals surface area contributed by atoms with Crippen LogP contribution in [0.3, 0.4) is 0 Å². The van der Waals surface area contributed by atoms with E-state index in [1.807, 2.05) is 80.6 Å². The number of hydrogen-bond acceptors (Lipinski definition) is 6. The molecule has 1 aliphatic heterocycles. The molecule has 29 heavy (non-hydrogen) atoms. The molecule has 1 aliphatic rings. The number of hydrogen-bond donors (Lipinski definition) is 0. The molecule has 1 saturated heterocycles. The van der Waals surface area contributed by atoms with Gasteiger partial charge in [-0.25, -0.2) is 0 Å². The molecule has 3 aromatic rings. The molecule has 1 heterocycles. The van der Waals surface area contributed by atoms with Gasteiger partial charge in [-0.2, -0.15) is 0 Å². The highest BCUT2D eigenvalue weighted by Gasteiger charge is 2.50. The maximum absolute atomic E-state index is 5.78. The van der Waals surface area contributed by atoms with Gasteiger partial charge >= 0.3 is 22.0 Å². The van der Waals surface area contributed by atoms with Crippen molar-refractivity contribution >= 4 is 22.0 Å². The summed E-state index contributed by atoms with van der Waals surface area (Å²) >= 11 is 0. The van der Waals surface area contributed by atoms with E-state index in [1.54, 1.807) is 12.1 Å². The molecule has 0 saturated carbocycles. The lowest BCUT2D eigenvalue weighted by Crippen LogP contribution is -2.56. The zero-order chi connectivity index (χ0) is 20.1. The van der Waals surface area contributed by atoms with E-state index < -0.39 is 22.0 Å². The topological polar surface area (TPSA) is 55.4 Å². The molecule has 0 atom stereocenters. The van der Waals surface area contributed by atoms with E-state index >= 15 is 0 Å². The molecule has 0 bridgehead atoms. The van der Waals surface area contributed by atoms with Crippen LogP contribution < -0.4 is 14.0 Å². The summed E-state index contributed by atoms with van der Waals surface area (Å²) in [5.41, 5.74) is 2.24. The summed E-state index contributed by atoms with van der Waals surface area (Å²) in [6, 6.07) is 24.3. The molecular formula is C20H19B3O6. The zero-order valence-corrected chi connectivity index (χ0v) is 16.2. The molecule has 1 fully saturated rings. The van der Waals surface area contributed by atoms with Crippen molar-refractivity contribution in [3.63, 3.8) is 0 Å². The van der Waals surface area contributed by atoms with Crippen LogP contribution in [0.5, 0.6) is 17.2 Å². The van der Waals surface area contributed by atoms with Crippen molar-refractivity contribution in [1.29, 1.82) is 0 Å². The molecule has 144 valence electrons. The normalized spacial score (nSPS) is 13.9. The van der Waals surface area contributed by atoms with Crippen molar-refractivity contribution in [1.82, 2.24) is 0 Å². The largest absolute Gasteiger partial charge is 0.690 e. The Bertz CT molecular complexity index is 852. The van der Waals surface area contributed by atoms with Gasteiger partial charge in [-0.05, 0) is 50.2 Å². The second-order valence-corrected chi connectivity index (χ2v) is 6.57. The van der Waals surface area contributed by atoms with E-state index in [2.05, 4.69) is 0 Å². The third kappa shape index (κ3) is 5.57. The van der Waals surface area contributed by atoms with Gasteiger partial charge in [0.15, 0.2) is 0 Å². The lowest BCUT2D eigenvalue weighted by atomic mass is 9.96. The molecule has 0 N–H and O–H groups in total. The summed E-state index contributed by atoms with van der Waals surface area (Å²) in [6.45, 7) is 4.00. The summed E-state index contributed by atoms with van der Waals surface area (Å²) in [5, 5.41) is 0. The van der Waals surface area contributed by atoms with Gasteiger partial charge in [0.05, 0.1) is 0 Å². The number of aryl methyl sites for hydroxylation is 2. The monoisotopic (exact) mass is 388 g/mol. The average Bonchev–Trinajstić information content (AvgIpc) is 2.72. The highest BCUT2D eigenvalue weighted by atomic mass is 16.9. The van der Waals surface area contributed by atoms with Gasteiger partial charge in [-0.15, -0.1) is 0 Å². The fourth-order valence-corrected chi connectivity index (χ4v) is 2.60. The Balaban J connectivity index is 1.47. The Hall–Kier alpha value is -2.87. The molecule has 0 amide bonds. The summed E-state index contributed by atoms with van der Waals surface area (Å²) in [5.74, 6) is 1.77. The zero-order valence-electron chi connectivity index (χ0n) is 16.2. The standard InChI is InChI=1S/C20H19B3O6/c1-16-8-12-19(13-9-16)25-22-27-21(24-18-6-4-3-5-7-18)28-23(29-22)26-20-14-10-17(2)11-15-20/h3-15H,1-2H3. The Labute approximate surface area is 171 Å². The van der Waals surface area contributed by atoms with Crippen molar-refractivity contribution in [3.05, 3.63) is 90.0 Å². The first-order valence-corrected chi connectivity index (χ1v) is 9.29. The second-order valence-electron chi connectivity index (χ2n) is 6.57. The third-order valence-corrected chi connectivity index (χ3v) is 4.15. The van der Waals surface area contributed by atoms with E-state index in [1.165, 1.54) is 0 Å². The van der Waals surface area contributed by atoms with Crippen LogP contribution in [0.4, 0.5) is 0 Å². The Kier molecular flexibility index (Phi) is 6.10. The number of benzene rings is 3. The summed E-state index contributed by atoms with van der Waals surface area (Å²) in [6.07, 6.45) is 0.